The van der Waals surface area contributed by atoms with Gasteiger partial charge in [-0.1, -0.05) is 55.3 Å². The molecule has 0 spiro atoms. The van der Waals surface area contributed by atoms with E-state index < -0.39 is 5.60 Å². The molecule has 6 rings (SSSR count). The summed E-state index contributed by atoms with van der Waals surface area (Å²) in [5.41, 5.74) is 6.25. The fourth-order valence-corrected chi connectivity index (χ4v) is 7.15. The van der Waals surface area contributed by atoms with Gasteiger partial charge in [0.05, 0.1) is 24.9 Å². The summed E-state index contributed by atoms with van der Waals surface area (Å²) in [5, 5.41) is 1.25. The number of carbonyl (C=O) groups is 1. The van der Waals surface area contributed by atoms with Gasteiger partial charge in [-0.2, -0.15) is 0 Å². The van der Waals surface area contributed by atoms with E-state index in [0.717, 1.165) is 17.8 Å². The number of nitrogens with zero attached hydrogens (tertiary/aromatic N) is 1. The summed E-state index contributed by atoms with van der Waals surface area (Å²) >= 11 is 1.80. The number of allylic oxidation sites excluding steroid dienone is 1. The maximum absolute atomic E-state index is 13.2. The van der Waals surface area contributed by atoms with Crippen LogP contribution in [0.3, 0.4) is 0 Å². The van der Waals surface area contributed by atoms with Crippen LogP contribution < -0.4 is 4.74 Å². The number of rotatable bonds is 5. The van der Waals surface area contributed by atoms with E-state index >= 15 is 0 Å². The Labute approximate surface area is 241 Å². The minimum atomic E-state index is -0.546. The Morgan fingerprint density at radius 2 is 1.73 bits per heavy atom. The third-order valence-electron chi connectivity index (χ3n) is 7.89. The molecule has 1 aliphatic carbocycles. The predicted octanol–water partition coefficient (Wildman–Crippen LogP) is 9.47. The van der Waals surface area contributed by atoms with Crippen molar-refractivity contribution in [2.75, 3.05) is 7.11 Å². The number of benzene rings is 3. The second-order valence-electron chi connectivity index (χ2n) is 11.9. The first-order valence-electron chi connectivity index (χ1n) is 14.3. The van der Waals surface area contributed by atoms with Gasteiger partial charge >= 0.3 is 5.97 Å². The molecule has 0 radical (unpaired) electrons. The Bertz CT molecular complexity index is 1590. The van der Waals surface area contributed by atoms with Gasteiger partial charge in [0, 0.05) is 26.3 Å². The van der Waals surface area contributed by atoms with E-state index in [1.165, 1.54) is 69.7 Å². The first-order valence-corrected chi connectivity index (χ1v) is 15.1. The molecule has 4 nitrogen and oxygen atoms in total. The number of methoxy groups -OCH3 is 1. The monoisotopic (exact) mass is 551 g/mol. The Kier molecular flexibility index (Phi) is 7.26. The van der Waals surface area contributed by atoms with Crippen LogP contribution in [0.2, 0.25) is 0 Å². The normalized spacial score (nSPS) is 15.7. The summed E-state index contributed by atoms with van der Waals surface area (Å²) < 4.78 is 13.9. The van der Waals surface area contributed by atoms with E-state index in [9.17, 15) is 4.79 Å². The number of thioether (sulfide) groups is 1. The molecular weight excluding hydrogens is 514 g/mol. The zero-order valence-electron chi connectivity index (χ0n) is 23.8. The molecule has 0 bridgehead atoms. The lowest BCUT2D eigenvalue weighted by atomic mass is 9.81. The van der Waals surface area contributed by atoms with Crippen LogP contribution in [-0.2, 0) is 11.3 Å². The SMILES string of the molecule is COc1ccc2c(c1)C=C(Sc1ccccc1)Cn1c-2c(C2CCCCC2)c2ccc(C(=O)OC(C)(C)C)cc21. The predicted molar refractivity (Wildman–Crippen MR) is 165 cm³/mol. The summed E-state index contributed by atoms with van der Waals surface area (Å²) in [6, 6.07) is 23.2. The molecule has 1 aromatic heterocycles. The van der Waals surface area contributed by atoms with Crippen LogP contribution in [-0.4, -0.2) is 23.2 Å². The van der Waals surface area contributed by atoms with E-state index in [1.807, 2.05) is 26.8 Å². The number of aromatic nitrogens is 1. The molecule has 2 aliphatic rings. The lowest BCUT2D eigenvalue weighted by Crippen LogP contribution is -2.23. The molecule has 0 atom stereocenters. The van der Waals surface area contributed by atoms with E-state index in [2.05, 4.69) is 71.3 Å². The largest absolute Gasteiger partial charge is 0.497 e. The molecule has 2 heterocycles. The van der Waals surface area contributed by atoms with Crippen LogP contribution >= 0.6 is 11.8 Å². The average Bonchev–Trinajstić information content (AvgIpc) is 3.16. The Morgan fingerprint density at radius 3 is 2.45 bits per heavy atom. The number of carbonyl (C=O) groups excluding carboxylic acids is 1. The quantitative estimate of drug-likeness (QED) is 0.232. The summed E-state index contributed by atoms with van der Waals surface area (Å²) in [6.45, 7) is 6.47. The van der Waals surface area contributed by atoms with E-state index in [-0.39, 0.29) is 5.97 Å². The van der Waals surface area contributed by atoms with E-state index in [0.29, 0.717) is 11.5 Å². The van der Waals surface area contributed by atoms with Crippen molar-refractivity contribution >= 4 is 34.7 Å². The van der Waals surface area contributed by atoms with Crippen molar-refractivity contribution in [3.05, 3.63) is 88.3 Å². The number of hydrogen-bond acceptors (Lipinski definition) is 4. The van der Waals surface area contributed by atoms with Crippen LogP contribution in [0.1, 0.15) is 80.3 Å². The number of esters is 1. The highest BCUT2D eigenvalue weighted by Gasteiger charge is 2.30. The van der Waals surface area contributed by atoms with Gasteiger partial charge in [0.1, 0.15) is 11.4 Å². The van der Waals surface area contributed by atoms with Gasteiger partial charge in [-0.05, 0) is 99.2 Å². The third-order valence-corrected chi connectivity index (χ3v) is 8.91. The van der Waals surface area contributed by atoms with Gasteiger partial charge in [0.2, 0.25) is 0 Å². The van der Waals surface area contributed by atoms with Crippen molar-refractivity contribution in [1.82, 2.24) is 4.57 Å². The lowest BCUT2D eigenvalue weighted by molar-refractivity contribution is 0.00696. The Morgan fingerprint density at radius 1 is 0.950 bits per heavy atom. The van der Waals surface area contributed by atoms with Crippen molar-refractivity contribution in [2.24, 2.45) is 0 Å². The van der Waals surface area contributed by atoms with Crippen LogP contribution in [0.15, 0.2) is 76.5 Å². The molecule has 206 valence electrons. The van der Waals surface area contributed by atoms with E-state index in [1.54, 1.807) is 18.9 Å². The van der Waals surface area contributed by atoms with Crippen LogP contribution in [0, 0.1) is 0 Å². The Hall–Kier alpha value is -3.44. The van der Waals surface area contributed by atoms with Crippen molar-refractivity contribution < 1.29 is 14.3 Å². The van der Waals surface area contributed by atoms with Crippen molar-refractivity contribution in [1.29, 1.82) is 0 Å². The molecule has 0 N–H and O–H groups in total. The molecule has 1 saturated carbocycles. The van der Waals surface area contributed by atoms with Crippen molar-refractivity contribution in [3.63, 3.8) is 0 Å². The van der Waals surface area contributed by atoms with E-state index in [4.69, 9.17) is 9.47 Å². The zero-order chi connectivity index (χ0) is 27.9. The maximum atomic E-state index is 13.2. The molecule has 1 aliphatic heterocycles. The van der Waals surface area contributed by atoms with Crippen LogP contribution in [0.5, 0.6) is 5.75 Å². The van der Waals surface area contributed by atoms with Gasteiger partial charge in [-0.15, -0.1) is 0 Å². The van der Waals surface area contributed by atoms with Gasteiger partial charge in [0.15, 0.2) is 0 Å². The lowest BCUT2D eigenvalue weighted by Gasteiger charge is -2.24. The molecule has 0 amide bonds. The minimum Gasteiger partial charge on any atom is -0.497 e. The average molecular weight is 552 g/mol. The first-order chi connectivity index (χ1) is 19.3. The number of hydrogen-bond donors (Lipinski definition) is 0. The van der Waals surface area contributed by atoms with Gasteiger partial charge in [0.25, 0.3) is 0 Å². The molecule has 4 aromatic rings. The number of fused-ring (bicyclic) bond motifs is 5. The van der Waals surface area contributed by atoms with Crippen molar-refractivity contribution in [2.45, 2.75) is 75.8 Å². The highest BCUT2D eigenvalue weighted by molar-refractivity contribution is 8.03. The van der Waals surface area contributed by atoms with Gasteiger partial charge in [-0.25, -0.2) is 4.79 Å². The summed E-state index contributed by atoms with van der Waals surface area (Å²) in [7, 11) is 1.73. The van der Waals surface area contributed by atoms with Gasteiger partial charge < -0.3 is 14.0 Å². The highest BCUT2D eigenvalue weighted by atomic mass is 32.2. The molecule has 0 saturated heterocycles. The molecule has 1 fully saturated rings. The van der Waals surface area contributed by atoms with Gasteiger partial charge in [-0.3, -0.25) is 0 Å². The zero-order valence-corrected chi connectivity index (χ0v) is 24.6. The summed E-state index contributed by atoms with van der Waals surface area (Å²) in [4.78, 5) is 15.6. The number of ether oxygens (including phenoxy) is 2. The van der Waals surface area contributed by atoms with Crippen LogP contribution in [0.4, 0.5) is 0 Å². The van der Waals surface area contributed by atoms with Crippen molar-refractivity contribution in [3.8, 4) is 17.0 Å². The highest BCUT2D eigenvalue weighted by Crippen LogP contribution is 2.48. The van der Waals surface area contributed by atoms with Crippen LogP contribution in [0.25, 0.3) is 28.2 Å². The second-order valence-corrected chi connectivity index (χ2v) is 13.1. The molecular formula is C35H37NO3S. The topological polar surface area (TPSA) is 40.5 Å². The second kappa shape index (κ2) is 10.9. The summed E-state index contributed by atoms with van der Waals surface area (Å²) in [6.07, 6.45) is 8.54. The minimum absolute atomic E-state index is 0.280. The smallest absolute Gasteiger partial charge is 0.338 e. The summed E-state index contributed by atoms with van der Waals surface area (Å²) in [5.74, 6) is 1.07. The molecule has 0 unspecified atom stereocenters. The standard InChI is InChI=1S/C35H37NO3S/c1-35(2,3)39-34(37)24-15-17-30-31(21-24)36-22-28(40-27-13-9-6-10-14-27)20-25-19-26(38-4)16-18-29(25)33(36)32(30)23-11-7-5-8-12-23/h6,9-10,13-21,23H,5,7-8,11-12,22H2,1-4H3. The fraction of sp³-hybridized carbons (Fsp3) is 0.343. The molecule has 3 aromatic carbocycles. The molecule has 5 heteroatoms. The Balaban J connectivity index is 1.58. The maximum Gasteiger partial charge on any atom is 0.338 e. The third kappa shape index (κ3) is 5.32. The fourth-order valence-electron chi connectivity index (χ4n) is 6.18. The molecule has 40 heavy (non-hydrogen) atoms. The first kappa shape index (κ1) is 26.8.